The minimum absolute atomic E-state index is 0.0853. The molecule has 1 aromatic heterocycles. The number of aryl methyl sites for hydroxylation is 1. The third-order valence-corrected chi connectivity index (χ3v) is 4.36. The van der Waals surface area contributed by atoms with Gasteiger partial charge in [-0.2, -0.15) is 0 Å². The molecular weight excluding hydrogens is 222 g/mol. The van der Waals surface area contributed by atoms with Crippen LogP contribution >= 0.6 is 11.3 Å². The number of carboxylic acids is 1. The number of nitrogens with two attached hydrogens (primary N) is 1. The van der Waals surface area contributed by atoms with E-state index in [-0.39, 0.29) is 12.5 Å². The first-order chi connectivity index (χ1) is 7.40. The smallest absolute Gasteiger partial charge is 0.304 e. The maximum atomic E-state index is 11.0. The van der Waals surface area contributed by atoms with Gasteiger partial charge in [0.2, 0.25) is 0 Å². The van der Waals surface area contributed by atoms with Crippen molar-refractivity contribution in [1.82, 2.24) is 0 Å². The highest BCUT2D eigenvalue weighted by Crippen LogP contribution is 2.36. The number of hydrogen-bond acceptors (Lipinski definition) is 3. The lowest BCUT2D eigenvalue weighted by Gasteiger charge is -2.32. The zero-order valence-corrected chi connectivity index (χ0v) is 10.8. The van der Waals surface area contributed by atoms with Crippen LogP contribution in [-0.2, 0) is 10.2 Å². The largest absolute Gasteiger partial charge is 0.481 e. The maximum Gasteiger partial charge on any atom is 0.304 e. The summed E-state index contributed by atoms with van der Waals surface area (Å²) in [4.78, 5) is 13.2. The van der Waals surface area contributed by atoms with E-state index in [0.717, 1.165) is 11.3 Å². The lowest BCUT2D eigenvalue weighted by molar-refractivity contribution is -0.138. The van der Waals surface area contributed by atoms with Gasteiger partial charge in [0, 0.05) is 21.2 Å². The molecule has 3 nitrogen and oxygen atoms in total. The number of thiophene rings is 1. The minimum atomic E-state index is -0.794. The van der Waals surface area contributed by atoms with Crippen molar-refractivity contribution < 1.29 is 9.90 Å². The predicted octanol–water partition coefficient (Wildman–Crippen LogP) is 2.53. The van der Waals surface area contributed by atoms with Gasteiger partial charge in [-0.1, -0.05) is 13.8 Å². The van der Waals surface area contributed by atoms with E-state index in [0.29, 0.717) is 0 Å². The van der Waals surface area contributed by atoms with Crippen molar-refractivity contribution in [2.45, 2.75) is 45.1 Å². The summed E-state index contributed by atoms with van der Waals surface area (Å²) < 4.78 is 0. The van der Waals surface area contributed by atoms with Gasteiger partial charge in [-0.05, 0) is 25.5 Å². The molecule has 1 heterocycles. The molecule has 0 saturated carbocycles. The van der Waals surface area contributed by atoms with Gasteiger partial charge in [-0.15, -0.1) is 11.3 Å². The fourth-order valence-electron chi connectivity index (χ4n) is 1.91. The average molecular weight is 241 g/mol. The third kappa shape index (κ3) is 2.62. The van der Waals surface area contributed by atoms with Crippen LogP contribution in [0.3, 0.4) is 0 Å². The van der Waals surface area contributed by atoms with Crippen molar-refractivity contribution in [1.29, 1.82) is 0 Å². The van der Waals surface area contributed by atoms with Crippen LogP contribution in [0.1, 0.15) is 36.4 Å². The Kier molecular flexibility index (Phi) is 4.10. The van der Waals surface area contributed by atoms with Gasteiger partial charge in [0.1, 0.15) is 0 Å². The predicted molar refractivity (Wildman–Crippen MR) is 66.9 cm³/mol. The molecule has 2 atom stereocenters. The zero-order valence-electron chi connectivity index (χ0n) is 9.99. The molecule has 16 heavy (non-hydrogen) atoms. The number of aliphatic carboxylic acids is 1. The highest BCUT2D eigenvalue weighted by molar-refractivity contribution is 7.12. The molecule has 0 aliphatic rings. The molecule has 0 saturated heterocycles. The topological polar surface area (TPSA) is 63.3 Å². The Morgan fingerprint density at radius 2 is 2.25 bits per heavy atom. The Hall–Kier alpha value is -0.870. The van der Waals surface area contributed by atoms with Crippen molar-refractivity contribution >= 4 is 17.3 Å². The minimum Gasteiger partial charge on any atom is -0.481 e. The normalized spacial score (nSPS) is 16.8. The maximum absolute atomic E-state index is 11.0. The van der Waals surface area contributed by atoms with E-state index in [1.165, 1.54) is 4.88 Å². The van der Waals surface area contributed by atoms with Gasteiger partial charge in [0.15, 0.2) is 0 Å². The number of carbonyl (C=O) groups is 1. The summed E-state index contributed by atoms with van der Waals surface area (Å²) in [6.45, 7) is 5.96. The SMILES string of the molecule is CCC(N)C(C)(CC(=O)O)c1ccc(C)s1. The fourth-order valence-corrected chi connectivity index (χ4v) is 2.98. The first-order valence-corrected chi connectivity index (χ1v) is 6.26. The van der Waals surface area contributed by atoms with Crippen molar-refractivity contribution in [3.63, 3.8) is 0 Å². The Balaban J connectivity index is 3.08. The highest BCUT2D eigenvalue weighted by atomic mass is 32.1. The van der Waals surface area contributed by atoms with E-state index in [4.69, 9.17) is 10.8 Å². The molecule has 1 rings (SSSR count). The number of rotatable bonds is 5. The quantitative estimate of drug-likeness (QED) is 0.832. The summed E-state index contributed by atoms with van der Waals surface area (Å²) in [6.07, 6.45) is 0.864. The van der Waals surface area contributed by atoms with Crippen LogP contribution in [0, 0.1) is 6.92 Å². The summed E-state index contributed by atoms with van der Waals surface area (Å²) in [7, 11) is 0. The summed E-state index contributed by atoms with van der Waals surface area (Å²) in [5, 5.41) is 9.01. The first-order valence-electron chi connectivity index (χ1n) is 5.44. The Morgan fingerprint density at radius 3 is 2.62 bits per heavy atom. The molecule has 0 aliphatic heterocycles. The van der Waals surface area contributed by atoms with Crippen molar-refractivity contribution in [3.8, 4) is 0 Å². The summed E-state index contributed by atoms with van der Waals surface area (Å²) in [5.41, 5.74) is 5.63. The molecular formula is C12H19NO2S. The molecule has 0 bridgehead atoms. The van der Waals surface area contributed by atoms with Crippen LogP contribution in [0.25, 0.3) is 0 Å². The summed E-state index contributed by atoms with van der Waals surface area (Å²) >= 11 is 1.64. The van der Waals surface area contributed by atoms with E-state index in [1.807, 2.05) is 32.9 Å². The second-order valence-corrected chi connectivity index (χ2v) is 5.70. The van der Waals surface area contributed by atoms with E-state index < -0.39 is 11.4 Å². The Morgan fingerprint density at radius 1 is 1.62 bits per heavy atom. The second-order valence-electron chi connectivity index (χ2n) is 4.41. The molecule has 0 aliphatic carbocycles. The lowest BCUT2D eigenvalue weighted by atomic mass is 9.77. The zero-order chi connectivity index (χ0) is 12.3. The molecule has 0 aromatic carbocycles. The van der Waals surface area contributed by atoms with E-state index in [1.54, 1.807) is 11.3 Å². The molecule has 2 unspecified atom stereocenters. The van der Waals surface area contributed by atoms with Gasteiger partial charge in [-0.3, -0.25) is 4.79 Å². The van der Waals surface area contributed by atoms with Crippen molar-refractivity contribution in [3.05, 3.63) is 21.9 Å². The average Bonchev–Trinajstić information content (AvgIpc) is 2.62. The van der Waals surface area contributed by atoms with Gasteiger partial charge < -0.3 is 10.8 Å². The standard InChI is InChI=1S/C12H19NO2S/c1-4-9(13)12(3,7-11(14)15)10-6-5-8(2)16-10/h5-6,9H,4,7,13H2,1-3H3,(H,14,15). The fraction of sp³-hybridized carbons (Fsp3) is 0.583. The highest BCUT2D eigenvalue weighted by Gasteiger charge is 2.36. The van der Waals surface area contributed by atoms with Gasteiger partial charge in [0.25, 0.3) is 0 Å². The van der Waals surface area contributed by atoms with Crippen molar-refractivity contribution in [2.24, 2.45) is 5.73 Å². The monoisotopic (exact) mass is 241 g/mol. The molecule has 4 heteroatoms. The lowest BCUT2D eigenvalue weighted by Crippen LogP contribution is -2.43. The van der Waals surface area contributed by atoms with Crippen molar-refractivity contribution in [2.75, 3.05) is 0 Å². The summed E-state index contributed by atoms with van der Waals surface area (Å²) in [6, 6.07) is 3.89. The molecule has 0 radical (unpaired) electrons. The molecule has 0 fully saturated rings. The van der Waals surface area contributed by atoms with Crippen LogP contribution in [-0.4, -0.2) is 17.1 Å². The van der Waals surface area contributed by atoms with E-state index in [2.05, 4.69) is 0 Å². The molecule has 0 amide bonds. The second kappa shape index (κ2) is 4.97. The summed E-state index contributed by atoms with van der Waals surface area (Å²) in [5.74, 6) is -0.794. The third-order valence-electron chi connectivity index (χ3n) is 3.08. The van der Waals surface area contributed by atoms with Crippen LogP contribution in [0.2, 0.25) is 0 Å². The van der Waals surface area contributed by atoms with E-state index >= 15 is 0 Å². The van der Waals surface area contributed by atoms with Crippen LogP contribution in [0.15, 0.2) is 12.1 Å². The molecule has 3 N–H and O–H groups in total. The Labute approximate surface area is 100 Å². The molecule has 0 spiro atoms. The van der Waals surface area contributed by atoms with Gasteiger partial charge in [0.05, 0.1) is 6.42 Å². The van der Waals surface area contributed by atoms with E-state index in [9.17, 15) is 4.79 Å². The van der Waals surface area contributed by atoms with Crippen LogP contribution in [0.5, 0.6) is 0 Å². The van der Waals surface area contributed by atoms with Gasteiger partial charge >= 0.3 is 5.97 Å². The van der Waals surface area contributed by atoms with Gasteiger partial charge in [-0.25, -0.2) is 0 Å². The van der Waals surface area contributed by atoms with Crippen LogP contribution < -0.4 is 5.73 Å². The number of carboxylic acid groups (broad SMARTS) is 1. The van der Waals surface area contributed by atoms with Crippen LogP contribution in [0.4, 0.5) is 0 Å². The molecule has 90 valence electrons. The Bertz CT molecular complexity index is 375. The first kappa shape index (κ1) is 13.2. The number of hydrogen-bond donors (Lipinski definition) is 2. The molecule has 1 aromatic rings.